The molecule has 0 radical (unpaired) electrons. The molecule has 1 aliphatic heterocycles. The van der Waals surface area contributed by atoms with Crippen LogP contribution in [0.5, 0.6) is 0 Å². The summed E-state index contributed by atoms with van der Waals surface area (Å²) in [5.74, 6) is -12.7. The standard InChI is InChI=1S/C51H81N13O17/c1-7-28(5)42(50(80)61-35(25-66)47(77)56-21-39(70)58-32(17-27(3)4)44(74)57-23-41(72)73)63-40(71)22-55-45(75)33(18-30-13-10-9-11-14-30)59-38(69)20-53-37(68)19-54-46(76)34(24-65)60-49(79)36(26-67)62-51(81)43(29(6)8-2)64-48(78)31-15-12-16-52-31/h9-11,13-14,27-29,31-36,42-43,52,65-67H,7-8,12,15-26H2,1-6H3,(H,53,68)(H,54,76)(H,55,75)(H,56,77)(H,57,74)(H,58,70)(H,59,69)(H,60,79)(H,61,80)(H,62,81)(H,63,71)(H,64,78)(H,72,73)/t28-,29-,31-,32-,33-,34-,35-,36-,42-,43-/m0/s1. The third-order valence-corrected chi connectivity index (χ3v) is 12.9. The molecule has 30 heteroatoms. The van der Waals surface area contributed by atoms with E-state index in [1.165, 1.54) is 0 Å². The van der Waals surface area contributed by atoms with Crippen LogP contribution in [-0.4, -0.2) is 205 Å². The van der Waals surface area contributed by atoms with Crippen LogP contribution in [-0.2, 0) is 68.7 Å². The highest BCUT2D eigenvalue weighted by Crippen LogP contribution is 2.13. The van der Waals surface area contributed by atoms with Crippen molar-refractivity contribution in [1.82, 2.24) is 69.1 Å². The molecule has 1 aliphatic rings. The Morgan fingerprint density at radius 3 is 1.38 bits per heavy atom. The number of amides is 12. The van der Waals surface area contributed by atoms with Crippen LogP contribution in [0.4, 0.5) is 0 Å². The smallest absolute Gasteiger partial charge is 0.322 e. The van der Waals surface area contributed by atoms with E-state index in [4.69, 9.17) is 5.11 Å². The van der Waals surface area contributed by atoms with Crippen LogP contribution in [0.2, 0.25) is 0 Å². The quantitative estimate of drug-likeness (QED) is 0.0297. The molecule has 452 valence electrons. The van der Waals surface area contributed by atoms with Gasteiger partial charge in [0, 0.05) is 6.42 Å². The Kier molecular flexibility index (Phi) is 31.2. The molecule has 1 aromatic carbocycles. The minimum atomic E-state index is -1.67. The van der Waals surface area contributed by atoms with Gasteiger partial charge >= 0.3 is 5.97 Å². The summed E-state index contributed by atoms with van der Waals surface area (Å²) >= 11 is 0. The first-order valence-electron chi connectivity index (χ1n) is 26.7. The van der Waals surface area contributed by atoms with E-state index in [1.54, 1.807) is 71.9 Å². The van der Waals surface area contributed by atoms with Gasteiger partial charge in [-0.1, -0.05) is 84.7 Å². The molecule has 12 amide bonds. The second-order valence-corrected chi connectivity index (χ2v) is 19.8. The third kappa shape index (κ3) is 25.4. The molecule has 17 N–H and O–H groups in total. The zero-order chi connectivity index (χ0) is 60.8. The number of carboxylic acids is 1. The van der Waals surface area contributed by atoms with Gasteiger partial charge in [0.2, 0.25) is 70.9 Å². The molecular formula is C51H81N13O17. The Morgan fingerprint density at radius 2 is 0.914 bits per heavy atom. The number of carbonyl (C=O) groups excluding carboxylic acids is 12. The molecular weight excluding hydrogens is 1070 g/mol. The van der Waals surface area contributed by atoms with Crippen molar-refractivity contribution in [2.24, 2.45) is 17.8 Å². The van der Waals surface area contributed by atoms with Crippen LogP contribution < -0.4 is 69.1 Å². The van der Waals surface area contributed by atoms with Crippen LogP contribution >= 0.6 is 0 Å². The van der Waals surface area contributed by atoms with E-state index in [2.05, 4.69) is 69.1 Å². The first-order chi connectivity index (χ1) is 38.4. The fourth-order valence-corrected chi connectivity index (χ4v) is 7.82. The highest BCUT2D eigenvalue weighted by atomic mass is 16.4. The van der Waals surface area contributed by atoms with Gasteiger partial charge in [-0.25, -0.2) is 0 Å². The fourth-order valence-electron chi connectivity index (χ4n) is 7.82. The number of benzene rings is 1. The highest BCUT2D eigenvalue weighted by Gasteiger charge is 2.35. The summed E-state index contributed by atoms with van der Waals surface area (Å²) in [6.45, 7) is 4.56. The number of aliphatic carboxylic acids is 1. The van der Waals surface area contributed by atoms with E-state index < -0.39 is 184 Å². The second kappa shape index (κ2) is 36.4. The van der Waals surface area contributed by atoms with Gasteiger partial charge < -0.3 is 89.5 Å². The van der Waals surface area contributed by atoms with E-state index in [0.29, 0.717) is 31.4 Å². The highest BCUT2D eigenvalue weighted by molar-refractivity contribution is 5.98. The summed E-state index contributed by atoms with van der Waals surface area (Å²) in [7, 11) is 0. The molecule has 0 saturated carbocycles. The zero-order valence-electron chi connectivity index (χ0n) is 46.4. The van der Waals surface area contributed by atoms with Gasteiger partial charge in [-0.15, -0.1) is 0 Å². The Morgan fingerprint density at radius 1 is 0.494 bits per heavy atom. The van der Waals surface area contributed by atoms with Crippen LogP contribution in [0, 0.1) is 17.8 Å². The van der Waals surface area contributed by atoms with E-state index in [0.717, 1.165) is 6.42 Å². The van der Waals surface area contributed by atoms with Crippen molar-refractivity contribution in [2.75, 3.05) is 59.1 Å². The molecule has 0 aromatic heterocycles. The van der Waals surface area contributed by atoms with Gasteiger partial charge in [0.1, 0.15) is 48.8 Å². The molecule has 0 aliphatic carbocycles. The van der Waals surface area contributed by atoms with Crippen molar-refractivity contribution in [3.05, 3.63) is 35.9 Å². The molecule has 1 fully saturated rings. The number of aliphatic hydroxyl groups is 3. The maximum Gasteiger partial charge on any atom is 0.322 e. The summed E-state index contributed by atoms with van der Waals surface area (Å²) in [6, 6.07) is -1.87. The predicted octanol–water partition coefficient (Wildman–Crippen LogP) is -6.84. The van der Waals surface area contributed by atoms with Crippen molar-refractivity contribution >= 4 is 76.9 Å². The molecule has 0 bridgehead atoms. The van der Waals surface area contributed by atoms with Gasteiger partial charge in [-0.2, -0.15) is 0 Å². The average molecular weight is 1150 g/mol. The van der Waals surface area contributed by atoms with Gasteiger partial charge in [-0.05, 0) is 49.1 Å². The van der Waals surface area contributed by atoms with Crippen LogP contribution in [0.3, 0.4) is 0 Å². The Bertz CT molecular complexity index is 2320. The lowest BCUT2D eigenvalue weighted by Crippen LogP contribution is -2.60. The number of rotatable bonds is 36. The Balaban J connectivity index is 1.99. The zero-order valence-corrected chi connectivity index (χ0v) is 46.4. The Labute approximate surface area is 468 Å². The topological polar surface area (TPSA) is 459 Å². The van der Waals surface area contributed by atoms with E-state index >= 15 is 0 Å². The lowest BCUT2D eigenvalue weighted by Gasteiger charge is -2.27. The molecule has 1 aromatic rings. The third-order valence-electron chi connectivity index (χ3n) is 12.9. The van der Waals surface area contributed by atoms with Crippen molar-refractivity contribution in [3.63, 3.8) is 0 Å². The van der Waals surface area contributed by atoms with Crippen LogP contribution in [0.25, 0.3) is 0 Å². The average Bonchev–Trinajstić information content (AvgIpc) is 4.00. The van der Waals surface area contributed by atoms with E-state index in [-0.39, 0.29) is 24.7 Å². The minimum absolute atomic E-state index is 0.0973. The number of nitrogens with one attached hydrogen (secondary N) is 13. The van der Waals surface area contributed by atoms with Gasteiger partial charge in [0.15, 0.2) is 0 Å². The van der Waals surface area contributed by atoms with Crippen LogP contribution in [0.15, 0.2) is 30.3 Å². The molecule has 1 heterocycles. The predicted molar refractivity (Wildman–Crippen MR) is 287 cm³/mol. The van der Waals surface area contributed by atoms with E-state index in [9.17, 15) is 77.6 Å². The number of hydrogen-bond acceptors (Lipinski definition) is 17. The Hall–Kier alpha value is -7.83. The summed E-state index contributed by atoms with van der Waals surface area (Å²) in [5, 5.41) is 70.0. The summed E-state index contributed by atoms with van der Waals surface area (Å²) in [6.07, 6.45) is 2.19. The maximum atomic E-state index is 13.5. The number of carbonyl (C=O) groups is 13. The molecule has 10 atom stereocenters. The number of carboxylic acid groups (broad SMARTS) is 1. The lowest BCUT2D eigenvalue weighted by molar-refractivity contribution is -0.138. The molecule has 0 unspecified atom stereocenters. The summed E-state index contributed by atoms with van der Waals surface area (Å²) in [4.78, 5) is 167. The molecule has 1 saturated heterocycles. The largest absolute Gasteiger partial charge is 0.480 e. The summed E-state index contributed by atoms with van der Waals surface area (Å²) in [5.41, 5.74) is 0.579. The first kappa shape index (κ1) is 69.3. The maximum absolute atomic E-state index is 13.5. The normalized spacial score (nSPS) is 16.1. The van der Waals surface area contributed by atoms with Gasteiger partial charge in [0.05, 0.1) is 52.0 Å². The van der Waals surface area contributed by atoms with Gasteiger partial charge in [-0.3, -0.25) is 62.3 Å². The summed E-state index contributed by atoms with van der Waals surface area (Å²) < 4.78 is 0. The molecule has 2 rings (SSSR count). The van der Waals surface area contributed by atoms with Crippen molar-refractivity contribution < 1.29 is 82.8 Å². The second-order valence-electron chi connectivity index (χ2n) is 19.8. The molecule has 81 heavy (non-hydrogen) atoms. The molecule has 30 nitrogen and oxygen atoms in total. The first-order valence-corrected chi connectivity index (χ1v) is 26.7. The van der Waals surface area contributed by atoms with Crippen LogP contribution in [0.1, 0.15) is 79.2 Å². The van der Waals surface area contributed by atoms with Crippen molar-refractivity contribution in [2.45, 2.75) is 128 Å². The minimum Gasteiger partial charge on any atom is -0.480 e. The number of aliphatic hydroxyl groups excluding tert-OH is 3. The lowest BCUT2D eigenvalue weighted by atomic mass is 9.97. The number of hydrogen-bond donors (Lipinski definition) is 17. The van der Waals surface area contributed by atoms with Gasteiger partial charge in [0.25, 0.3) is 0 Å². The van der Waals surface area contributed by atoms with E-state index in [1.807, 2.05) is 0 Å². The SMILES string of the molecule is CC[C@H](C)[C@H](NC(=O)CNC(=O)[C@H](Cc1ccccc1)NC(=O)CNC(=O)CNC(=O)[C@H](CO)NC(=O)[C@H](CO)NC(=O)[C@@H](NC(=O)[C@@H]1CCCN1)[C@@H](C)CC)C(=O)N[C@@H](CO)C(=O)NCC(=O)N[C@@H](CC(C)C)C(=O)NCC(=O)O. The van der Waals surface area contributed by atoms with Crippen molar-refractivity contribution in [3.8, 4) is 0 Å². The molecule has 0 spiro atoms. The monoisotopic (exact) mass is 1150 g/mol. The van der Waals surface area contributed by atoms with Crippen molar-refractivity contribution in [1.29, 1.82) is 0 Å². The fraction of sp³-hybridized carbons (Fsp3) is 0.627.